The predicted molar refractivity (Wildman–Crippen MR) is 123 cm³/mol. The van der Waals surface area contributed by atoms with Gasteiger partial charge in [0.15, 0.2) is 5.96 Å². The third-order valence-corrected chi connectivity index (χ3v) is 6.35. The summed E-state index contributed by atoms with van der Waals surface area (Å²) < 4.78 is 41.3. The van der Waals surface area contributed by atoms with E-state index in [0.29, 0.717) is 12.0 Å². The Morgan fingerprint density at radius 2 is 1.71 bits per heavy atom. The van der Waals surface area contributed by atoms with Crippen molar-refractivity contribution in [2.24, 2.45) is 16.6 Å². The zero-order valence-electron chi connectivity index (χ0n) is 19.7. The summed E-state index contributed by atoms with van der Waals surface area (Å²) in [6, 6.07) is 5.95. The minimum Gasteiger partial charge on any atom is -0.369 e. The number of carbonyl (C=O) groups excluding carboxylic acids is 2. The summed E-state index contributed by atoms with van der Waals surface area (Å²) in [4.78, 5) is 31.5. The maximum Gasteiger partial charge on any atom is 0.251 e. The van der Waals surface area contributed by atoms with Crippen molar-refractivity contribution in [1.82, 2.24) is 10.2 Å². The van der Waals surface area contributed by atoms with E-state index in [1.165, 1.54) is 17.0 Å². The van der Waals surface area contributed by atoms with Crippen molar-refractivity contribution in [1.29, 1.82) is 0 Å². The fourth-order valence-electron chi connectivity index (χ4n) is 4.17. The molecule has 0 bridgehead atoms. The number of guanidine groups is 1. The number of nitrogens with one attached hydrogen (secondary N) is 1. The van der Waals surface area contributed by atoms with Crippen LogP contribution in [0.1, 0.15) is 68.1 Å². The zero-order chi connectivity index (χ0) is 25.2. The lowest BCUT2D eigenvalue weighted by Gasteiger charge is -2.39. The number of rotatable bonds is 7. The molecule has 2 aromatic carbocycles. The van der Waals surface area contributed by atoms with E-state index in [0.717, 1.165) is 24.3 Å². The molecule has 0 radical (unpaired) electrons. The topological polar surface area (TPSA) is 87.8 Å². The molecule has 2 amide bonds. The first-order chi connectivity index (χ1) is 15.9. The molecule has 3 N–H and O–H groups in total. The second-order valence-corrected chi connectivity index (χ2v) is 8.98. The monoisotopic (exact) mass is 474 g/mol. The molecule has 0 aromatic heterocycles. The smallest absolute Gasteiger partial charge is 0.251 e. The molecular formula is C25H29F3N4O2. The number of carbonyl (C=O) groups is 2. The van der Waals surface area contributed by atoms with E-state index in [2.05, 4.69) is 10.3 Å². The number of nitrogens with two attached hydrogens (primary N) is 1. The van der Waals surface area contributed by atoms with Crippen molar-refractivity contribution in [3.05, 3.63) is 70.5 Å². The van der Waals surface area contributed by atoms with Crippen LogP contribution in [0.2, 0.25) is 0 Å². The Labute approximate surface area is 197 Å². The number of halogens is 3. The van der Waals surface area contributed by atoms with E-state index in [9.17, 15) is 22.8 Å². The lowest BCUT2D eigenvalue weighted by molar-refractivity contribution is -0.130. The second kappa shape index (κ2) is 9.87. The van der Waals surface area contributed by atoms with Crippen LogP contribution in [0.15, 0.2) is 41.4 Å². The van der Waals surface area contributed by atoms with E-state index >= 15 is 0 Å². The SMILES string of the molecule is CC[C@@]1(C(C)C)CC(=O)N(Cc2cc(F)cc(C(=O)N[C@@H](C)c3cc(F)cc(F)c3)c2)C(N)=N1. The van der Waals surface area contributed by atoms with Crippen LogP contribution in [0.5, 0.6) is 0 Å². The lowest BCUT2D eigenvalue weighted by Crippen LogP contribution is -2.52. The number of nitrogens with zero attached hydrogens (tertiary/aromatic N) is 2. The first-order valence-electron chi connectivity index (χ1n) is 11.2. The third kappa shape index (κ3) is 5.40. The van der Waals surface area contributed by atoms with Gasteiger partial charge >= 0.3 is 0 Å². The number of aliphatic imine (C=N–C) groups is 1. The Morgan fingerprint density at radius 3 is 2.26 bits per heavy atom. The van der Waals surface area contributed by atoms with Gasteiger partial charge in [-0.1, -0.05) is 20.8 Å². The highest BCUT2D eigenvalue weighted by molar-refractivity contribution is 5.99. The lowest BCUT2D eigenvalue weighted by atomic mass is 9.80. The average molecular weight is 475 g/mol. The highest BCUT2D eigenvalue weighted by Crippen LogP contribution is 2.34. The Kier molecular flexibility index (Phi) is 7.33. The van der Waals surface area contributed by atoms with Gasteiger partial charge in [-0.15, -0.1) is 0 Å². The first-order valence-corrected chi connectivity index (χ1v) is 11.2. The van der Waals surface area contributed by atoms with E-state index in [4.69, 9.17) is 5.73 Å². The highest BCUT2D eigenvalue weighted by atomic mass is 19.1. The van der Waals surface area contributed by atoms with Crippen LogP contribution in [-0.2, 0) is 11.3 Å². The maximum absolute atomic E-state index is 14.3. The molecule has 0 saturated heterocycles. The van der Waals surface area contributed by atoms with Gasteiger partial charge in [-0.25, -0.2) is 18.2 Å². The van der Waals surface area contributed by atoms with Crippen LogP contribution in [0.4, 0.5) is 13.2 Å². The third-order valence-electron chi connectivity index (χ3n) is 6.35. The zero-order valence-corrected chi connectivity index (χ0v) is 19.7. The van der Waals surface area contributed by atoms with Crippen molar-refractivity contribution < 1.29 is 22.8 Å². The van der Waals surface area contributed by atoms with Gasteiger partial charge in [-0.2, -0.15) is 0 Å². The van der Waals surface area contributed by atoms with Crippen LogP contribution >= 0.6 is 0 Å². The van der Waals surface area contributed by atoms with Gasteiger partial charge in [0, 0.05) is 11.6 Å². The Morgan fingerprint density at radius 1 is 1.09 bits per heavy atom. The summed E-state index contributed by atoms with van der Waals surface area (Å²) in [6.07, 6.45) is 0.842. The van der Waals surface area contributed by atoms with Crippen molar-refractivity contribution in [3.63, 3.8) is 0 Å². The van der Waals surface area contributed by atoms with Crippen molar-refractivity contribution in [3.8, 4) is 0 Å². The Balaban J connectivity index is 1.80. The van der Waals surface area contributed by atoms with Gasteiger partial charge in [0.1, 0.15) is 17.5 Å². The number of hydrogen-bond donors (Lipinski definition) is 2. The summed E-state index contributed by atoms with van der Waals surface area (Å²) in [5.74, 6) is -2.88. The molecule has 0 aliphatic carbocycles. The molecule has 1 aliphatic heterocycles. The molecule has 1 heterocycles. The van der Waals surface area contributed by atoms with Gasteiger partial charge in [-0.05, 0) is 60.7 Å². The summed E-state index contributed by atoms with van der Waals surface area (Å²) in [5.41, 5.74) is 6.14. The fourth-order valence-corrected chi connectivity index (χ4v) is 4.17. The molecule has 0 unspecified atom stereocenters. The molecule has 6 nitrogen and oxygen atoms in total. The quantitative estimate of drug-likeness (QED) is 0.622. The molecule has 0 spiro atoms. The molecule has 3 rings (SSSR count). The minimum atomic E-state index is -0.765. The largest absolute Gasteiger partial charge is 0.369 e. The summed E-state index contributed by atoms with van der Waals surface area (Å²) in [7, 11) is 0. The Hall–Kier alpha value is -3.36. The summed E-state index contributed by atoms with van der Waals surface area (Å²) in [6.45, 7) is 7.44. The Bertz CT molecular complexity index is 1110. The average Bonchev–Trinajstić information content (AvgIpc) is 2.74. The van der Waals surface area contributed by atoms with Gasteiger partial charge in [0.25, 0.3) is 5.91 Å². The van der Waals surface area contributed by atoms with Crippen molar-refractivity contribution in [2.75, 3.05) is 0 Å². The van der Waals surface area contributed by atoms with Crippen LogP contribution in [0.25, 0.3) is 0 Å². The van der Waals surface area contributed by atoms with Crippen LogP contribution in [0.3, 0.4) is 0 Å². The van der Waals surface area contributed by atoms with Crippen LogP contribution in [0, 0.1) is 23.4 Å². The molecule has 1 aliphatic rings. The van der Waals surface area contributed by atoms with Gasteiger partial charge in [0.2, 0.25) is 5.91 Å². The molecule has 182 valence electrons. The number of benzene rings is 2. The molecule has 2 aromatic rings. The second-order valence-electron chi connectivity index (χ2n) is 8.98. The van der Waals surface area contributed by atoms with Crippen molar-refractivity contribution in [2.45, 2.75) is 58.7 Å². The van der Waals surface area contributed by atoms with Crippen molar-refractivity contribution >= 4 is 17.8 Å². The number of amides is 2. The molecular weight excluding hydrogens is 445 g/mol. The number of hydrogen-bond acceptors (Lipinski definition) is 4. The molecule has 34 heavy (non-hydrogen) atoms. The minimum absolute atomic E-state index is 0.00350. The molecule has 0 fully saturated rings. The van der Waals surface area contributed by atoms with Gasteiger partial charge in [0.05, 0.1) is 24.5 Å². The molecule has 0 saturated carbocycles. The molecule has 9 heteroatoms. The molecule has 2 atom stereocenters. The fraction of sp³-hybridized carbons (Fsp3) is 0.400. The van der Waals surface area contributed by atoms with E-state index < -0.39 is 34.9 Å². The van der Waals surface area contributed by atoms with E-state index in [1.54, 1.807) is 6.92 Å². The van der Waals surface area contributed by atoms with E-state index in [-0.39, 0.29) is 41.9 Å². The van der Waals surface area contributed by atoms with Crippen LogP contribution in [-0.4, -0.2) is 28.2 Å². The van der Waals surface area contributed by atoms with E-state index in [1.807, 2.05) is 20.8 Å². The standard InChI is InChI=1S/C25H29F3N4O2/c1-5-25(14(2)3)12-22(33)32(24(29)31-25)13-16-6-18(10-19(26)7-16)23(34)30-15(4)17-8-20(27)11-21(28)9-17/h6-11,14-15H,5,12-13H2,1-4H3,(H2,29,31)(H,30,34)/t15-,25-/m0/s1. The van der Waals surface area contributed by atoms with Gasteiger partial charge in [-0.3, -0.25) is 14.5 Å². The first kappa shape index (κ1) is 25.3. The van der Waals surface area contributed by atoms with Crippen LogP contribution < -0.4 is 11.1 Å². The highest BCUT2D eigenvalue weighted by Gasteiger charge is 2.40. The maximum atomic E-state index is 14.3. The predicted octanol–water partition coefficient (Wildman–Crippen LogP) is 4.45. The summed E-state index contributed by atoms with van der Waals surface area (Å²) >= 11 is 0. The summed E-state index contributed by atoms with van der Waals surface area (Å²) in [5, 5.41) is 2.61. The normalized spacial score (nSPS) is 19.2. The van der Waals surface area contributed by atoms with Gasteiger partial charge < -0.3 is 11.1 Å².